The molecule has 1 fully saturated rings. The van der Waals surface area contributed by atoms with Crippen molar-refractivity contribution < 1.29 is 22.7 Å². The summed E-state index contributed by atoms with van der Waals surface area (Å²) in [5.41, 5.74) is 0.910. The lowest BCUT2D eigenvalue weighted by Gasteiger charge is -2.25. The minimum Gasteiger partial charge on any atom is -0.486 e. The van der Waals surface area contributed by atoms with Crippen LogP contribution in [-0.2, 0) is 14.6 Å². The largest absolute Gasteiger partial charge is 0.486 e. The van der Waals surface area contributed by atoms with E-state index >= 15 is 0 Å². The van der Waals surface area contributed by atoms with Crippen LogP contribution in [0.5, 0.6) is 11.5 Å². The number of sulfone groups is 1. The van der Waals surface area contributed by atoms with Crippen molar-refractivity contribution in [2.45, 2.75) is 31.6 Å². The van der Waals surface area contributed by atoms with Crippen molar-refractivity contribution in [1.82, 2.24) is 5.32 Å². The molecular weight excluding hydrogens is 342 g/mol. The van der Waals surface area contributed by atoms with Crippen LogP contribution < -0.4 is 14.8 Å². The van der Waals surface area contributed by atoms with E-state index < -0.39 is 9.84 Å². The van der Waals surface area contributed by atoms with Gasteiger partial charge in [-0.25, -0.2) is 8.42 Å². The van der Waals surface area contributed by atoms with Crippen molar-refractivity contribution in [2.24, 2.45) is 5.92 Å². The third-order valence-corrected chi connectivity index (χ3v) is 5.80. The first kappa shape index (κ1) is 18.0. The maximum Gasteiger partial charge on any atom is 0.227 e. The number of rotatable bonds is 6. The second-order valence-corrected chi connectivity index (χ2v) is 9.11. The highest BCUT2D eigenvalue weighted by Gasteiger charge is 2.32. The van der Waals surface area contributed by atoms with Crippen LogP contribution >= 0.6 is 0 Å². The third-order valence-electron chi connectivity index (χ3n) is 4.85. The van der Waals surface area contributed by atoms with Crippen LogP contribution in [0.15, 0.2) is 18.2 Å². The van der Waals surface area contributed by atoms with Gasteiger partial charge >= 0.3 is 0 Å². The highest BCUT2D eigenvalue weighted by atomic mass is 32.2. The Balaban J connectivity index is 1.78. The standard InChI is InChI=1S/C18H25NO5S/c1-25(21,22)11-8-19-18(20)17(13-4-2-3-5-13)14-6-7-15-16(12-14)24-10-9-23-15/h6-7,12-13,17H,2-5,8-11H2,1H3,(H,19,20). The lowest BCUT2D eigenvalue weighted by atomic mass is 9.84. The van der Waals surface area contributed by atoms with Crippen LogP contribution in [0, 0.1) is 5.92 Å². The molecule has 0 radical (unpaired) electrons. The SMILES string of the molecule is CS(=O)(=O)CCNC(=O)C(c1ccc2c(c1)OCCO2)C1CCCC1. The van der Waals surface area contributed by atoms with Crippen molar-refractivity contribution >= 4 is 15.7 Å². The van der Waals surface area contributed by atoms with Crippen LogP contribution in [0.25, 0.3) is 0 Å². The Morgan fingerprint density at radius 1 is 1.20 bits per heavy atom. The summed E-state index contributed by atoms with van der Waals surface area (Å²) < 4.78 is 33.8. The van der Waals surface area contributed by atoms with Crippen molar-refractivity contribution in [2.75, 3.05) is 31.8 Å². The highest BCUT2D eigenvalue weighted by molar-refractivity contribution is 7.90. The zero-order chi connectivity index (χ0) is 17.9. The molecule has 1 aromatic rings. The number of nitrogens with one attached hydrogen (secondary N) is 1. The van der Waals surface area contributed by atoms with E-state index in [1.54, 1.807) is 0 Å². The number of amides is 1. The molecule has 2 aliphatic rings. The second kappa shape index (κ2) is 7.64. The van der Waals surface area contributed by atoms with E-state index in [0.29, 0.717) is 24.7 Å². The van der Waals surface area contributed by atoms with Gasteiger partial charge < -0.3 is 14.8 Å². The molecule has 1 aliphatic carbocycles. The number of ether oxygens (including phenoxy) is 2. The maximum absolute atomic E-state index is 12.8. The molecule has 1 saturated carbocycles. The lowest BCUT2D eigenvalue weighted by molar-refractivity contribution is -0.123. The summed E-state index contributed by atoms with van der Waals surface area (Å²) >= 11 is 0. The van der Waals surface area contributed by atoms with Gasteiger partial charge in [0, 0.05) is 12.8 Å². The molecular formula is C18H25NO5S. The Labute approximate surface area is 148 Å². The molecule has 3 rings (SSSR count). The number of carbonyl (C=O) groups is 1. The molecule has 0 bridgehead atoms. The van der Waals surface area contributed by atoms with Crippen LogP contribution in [0.4, 0.5) is 0 Å². The number of hydrogen-bond acceptors (Lipinski definition) is 5. The first-order valence-electron chi connectivity index (χ1n) is 8.79. The molecule has 1 amide bonds. The zero-order valence-corrected chi connectivity index (χ0v) is 15.3. The smallest absolute Gasteiger partial charge is 0.227 e. The average Bonchev–Trinajstić information content (AvgIpc) is 3.08. The molecule has 6 nitrogen and oxygen atoms in total. The summed E-state index contributed by atoms with van der Waals surface area (Å²) in [6.07, 6.45) is 5.45. The van der Waals surface area contributed by atoms with E-state index in [0.717, 1.165) is 31.2 Å². The van der Waals surface area contributed by atoms with E-state index in [1.807, 2.05) is 18.2 Å². The van der Waals surface area contributed by atoms with Crippen LogP contribution in [-0.4, -0.2) is 46.1 Å². The first-order chi connectivity index (χ1) is 11.9. The quantitative estimate of drug-likeness (QED) is 0.830. The Hall–Kier alpha value is -1.76. The van der Waals surface area contributed by atoms with E-state index in [9.17, 15) is 13.2 Å². The Bertz CT molecular complexity index is 725. The van der Waals surface area contributed by atoms with Crippen LogP contribution in [0.3, 0.4) is 0 Å². The van der Waals surface area contributed by atoms with Crippen molar-refractivity contribution in [1.29, 1.82) is 0 Å². The van der Waals surface area contributed by atoms with Gasteiger partial charge in [0.15, 0.2) is 11.5 Å². The summed E-state index contributed by atoms with van der Waals surface area (Å²) in [5.74, 6) is 1.23. The Kier molecular flexibility index (Phi) is 5.51. The minimum atomic E-state index is -3.09. The third kappa shape index (κ3) is 4.66. The minimum absolute atomic E-state index is 0.0444. The van der Waals surface area contributed by atoms with Gasteiger partial charge in [-0.05, 0) is 36.5 Å². The summed E-state index contributed by atoms with van der Waals surface area (Å²) in [5, 5.41) is 2.80. The molecule has 1 N–H and O–H groups in total. The fraction of sp³-hybridized carbons (Fsp3) is 0.611. The molecule has 1 heterocycles. The fourth-order valence-electron chi connectivity index (χ4n) is 3.65. The zero-order valence-electron chi connectivity index (χ0n) is 14.5. The predicted molar refractivity (Wildman–Crippen MR) is 94.9 cm³/mol. The fourth-order valence-corrected chi connectivity index (χ4v) is 4.12. The van der Waals surface area contributed by atoms with Gasteiger partial charge in [-0.3, -0.25) is 4.79 Å². The van der Waals surface area contributed by atoms with Crippen molar-refractivity contribution in [3.8, 4) is 11.5 Å². The summed E-state index contributed by atoms with van der Waals surface area (Å²) in [6.45, 7) is 1.18. The second-order valence-electron chi connectivity index (χ2n) is 6.85. The van der Waals surface area contributed by atoms with Gasteiger partial charge in [0.2, 0.25) is 5.91 Å². The molecule has 1 aliphatic heterocycles. The lowest BCUT2D eigenvalue weighted by Crippen LogP contribution is -2.35. The topological polar surface area (TPSA) is 81.7 Å². The summed E-state index contributed by atoms with van der Waals surface area (Å²) in [4.78, 5) is 12.8. The normalized spacial score (nSPS) is 18.8. The molecule has 138 valence electrons. The molecule has 0 spiro atoms. The Morgan fingerprint density at radius 3 is 2.56 bits per heavy atom. The van der Waals surface area contributed by atoms with Gasteiger partial charge in [0.1, 0.15) is 23.1 Å². The monoisotopic (exact) mass is 367 g/mol. The molecule has 1 aromatic carbocycles. The molecule has 1 atom stereocenters. The number of carbonyl (C=O) groups excluding carboxylic acids is 1. The van der Waals surface area contributed by atoms with Crippen LogP contribution in [0.1, 0.15) is 37.2 Å². The van der Waals surface area contributed by atoms with Gasteiger partial charge in [0.25, 0.3) is 0 Å². The van der Waals surface area contributed by atoms with Crippen molar-refractivity contribution in [3.05, 3.63) is 23.8 Å². The highest BCUT2D eigenvalue weighted by Crippen LogP contribution is 2.40. The van der Waals surface area contributed by atoms with Crippen molar-refractivity contribution in [3.63, 3.8) is 0 Å². The number of benzene rings is 1. The van der Waals surface area contributed by atoms with E-state index in [2.05, 4.69) is 5.32 Å². The van der Waals surface area contributed by atoms with Gasteiger partial charge in [-0.1, -0.05) is 18.9 Å². The predicted octanol–water partition coefficient (Wildman–Crippen LogP) is 1.89. The average molecular weight is 367 g/mol. The molecule has 7 heteroatoms. The van der Waals surface area contributed by atoms with E-state index in [4.69, 9.17) is 9.47 Å². The van der Waals surface area contributed by atoms with Gasteiger partial charge in [0.05, 0.1) is 11.7 Å². The summed E-state index contributed by atoms with van der Waals surface area (Å²) in [7, 11) is -3.09. The van der Waals surface area contributed by atoms with E-state index in [-0.39, 0.29) is 30.0 Å². The molecule has 1 unspecified atom stereocenters. The maximum atomic E-state index is 12.8. The molecule has 0 aromatic heterocycles. The van der Waals surface area contributed by atoms with E-state index in [1.165, 1.54) is 6.26 Å². The molecule has 0 saturated heterocycles. The number of hydrogen-bond donors (Lipinski definition) is 1. The van der Waals surface area contributed by atoms with Crippen LogP contribution in [0.2, 0.25) is 0 Å². The number of fused-ring (bicyclic) bond motifs is 1. The Morgan fingerprint density at radius 2 is 1.88 bits per heavy atom. The van der Waals surface area contributed by atoms with Gasteiger partial charge in [-0.15, -0.1) is 0 Å². The first-order valence-corrected chi connectivity index (χ1v) is 10.8. The molecule has 25 heavy (non-hydrogen) atoms. The van der Waals surface area contributed by atoms with Gasteiger partial charge in [-0.2, -0.15) is 0 Å². The summed E-state index contributed by atoms with van der Waals surface area (Å²) in [6, 6.07) is 5.68.